The van der Waals surface area contributed by atoms with Crippen LogP contribution in [0.5, 0.6) is 11.5 Å². The van der Waals surface area contributed by atoms with E-state index in [1.807, 2.05) is 0 Å². The van der Waals surface area contributed by atoms with Crippen molar-refractivity contribution in [2.75, 3.05) is 0 Å². The first-order valence-corrected chi connectivity index (χ1v) is 29.2. The van der Waals surface area contributed by atoms with Crippen LogP contribution in [0.1, 0.15) is 52.8 Å². The predicted octanol–water partition coefficient (Wildman–Crippen LogP) is 10.8. The van der Waals surface area contributed by atoms with Crippen LogP contribution in [0.2, 0.25) is 36.9 Å². The molecule has 0 bridgehead atoms. The first-order chi connectivity index (χ1) is 24.3. The fraction of sp³-hybridized carbons (Fsp3) is 0.311. The topological polar surface area (TPSA) is 52.8 Å². The van der Waals surface area contributed by atoms with Crippen molar-refractivity contribution in [2.24, 2.45) is 0 Å². The van der Waals surface area contributed by atoms with Crippen molar-refractivity contribution in [1.29, 1.82) is 0 Å². The van der Waals surface area contributed by atoms with E-state index >= 15 is 0 Å². The molecule has 7 aromatic rings. The summed E-state index contributed by atoms with van der Waals surface area (Å²) < 4.78 is 10.3. The van der Waals surface area contributed by atoms with Gasteiger partial charge in [-0.3, -0.25) is 0 Å². The summed E-state index contributed by atoms with van der Waals surface area (Å²) in [5.41, 5.74) is 9.97. The molecule has 0 amide bonds. The van der Waals surface area contributed by atoms with Crippen LogP contribution >= 0.6 is 0 Å². The molecule has 8 heteroatoms. The molecule has 0 aliphatic carbocycles. The standard InChI is InChI=1S/C45H48GeN4OSi.Pt/c1-44(2,3)28-21-33(49-40(22-28)45(4,5)6)27-19-36-41(39(20-27)52(10,11)12)31-15-13-14-16-35(31)50(36)30-17-18-37-32(25-30)43-42-34(47-26-48-43)23-29(46(7,8)9)24-38(42)51-37;/h13-18,20-24,26H,1-12H3;/q-2;+2. The predicted molar refractivity (Wildman–Crippen MR) is 224 cm³/mol. The molecule has 8 rings (SSSR count). The molecule has 53 heavy (non-hydrogen) atoms. The summed E-state index contributed by atoms with van der Waals surface area (Å²) in [6.45, 7) is 20.9. The van der Waals surface area contributed by atoms with Gasteiger partial charge in [-0.25, -0.2) is 0 Å². The van der Waals surface area contributed by atoms with E-state index in [2.05, 4.69) is 162 Å². The van der Waals surface area contributed by atoms with Crippen LogP contribution in [0.25, 0.3) is 60.9 Å². The zero-order chi connectivity index (χ0) is 37.1. The fourth-order valence-electron chi connectivity index (χ4n) is 7.31. The maximum atomic E-state index is 6.65. The Balaban J connectivity index is 0.00000435. The van der Waals surface area contributed by atoms with Gasteiger partial charge in [-0.15, -0.1) is 6.07 Å². The molecule has 4 heterocycles. The number of hydrogen-bond acceptors (Lipinski definition) is 4. The van der Waals surface area contributed by atoms with Crippen LogP contribution in [0.4, 0.5) is 0 Å². The molecule has 0 atom stereocenters. The Labute approximate surface area is 332 Å². The second-order valence-corrected chi connectivity index (χ2v) is 34.3. The normalized spacial score (nSPS) is 13.3. The third-order valence-corrected chi connectivity index (χ3v) is 16.6. The average Bonchev–Trinajstić information content (AvgIpc) is 3.40. The number of rotatable bonds is 4. The Hall–Kier alpha value is -3.58. The van der Waals surface area contributed by atoms with Crippen LogP contribution in [0, 0.1) is 12.1 Å². The number of hydrogen-bond donors (Lipinski definition) is 0. The van der Waals surface area contributed by atoms with Gasteiger partial charge in [-0.2, -0.15) is 0 Å². The number of aromatic nitrogens is 4. The molecule has 0 spiro atoms. The number of benzene rings is 4. The van der Waals surface area contributed by atoms with E-state index in [4.69, 9.17) is 19.7 Å². The van der Waals surface area contributed by atoms with Crippen molar-refractivity contribution in [3.8, 4) is 39.7 Å². The molecule has 0 saturated carbocycles. The third kappa shape index (κ3) is 6.53. The Kier molecular flexibility index (Phi) is 9.07. The first-order valence-electron chi connectivity index (χ1n) is 18.4. The molecule has 3 aromatic heterocycles. The molecule has 5 nitrogen and oxygen atoms in total. The quantitative estimate of drug-likeness (QED) is 0.130. The molecule has 1 aliphatic heterocycles. The average molecular weight is 957 g/mol. The molecule has 0 saturated heterocycles. The maximum absolute atomic E-state index is 6.65. The number of pyridine rings is 1. The second kappa shape index (κ2) is 12.7. The summed E-state index contributed by atoms with van der Waals surface area (Å²) in [5, 5.41) is 4.84. The molecule has 1 aliphatic rings. The molecular formula is C45H48GeN4OPtSi. The number of para-hydroxylation sites is 1. The maximum Gasteiger partial charge on any atom is 2.00 e. The van der Waals surface area contributed by atoms with E-state index in [-0.39, 0.29) is 31.9 Å². The largest absolute Gasteiger partial charge is 2.00 e. The summed E-state index contributed by atoms with van der Waals surface area (Å²) >= 11 is -2.16. The minimum Gasteiger partial charge on any atom is -0.301 e. The first kappa shape index (κ1) is 37.7. The molecule has 0 unspecified atom stereocenters. The number of nitrogens with zero attached hydrogens (tertiary/aromatic N) is 4. The van der Waals surface area contributed by atoms with Crippen molar-refractivity contribution >= 4 is 63.6 Å². The van der Waals surface area contributed by atoms with Gasteiger partial charge < -0.3 is 4.98 Å². The van der Waals surface area contributed by atoms with E-state index in [1.54, 1.807) is 6.33 Å². The summed E-state index contributed by atoms with van der Waals surface area (Å²) in [6.07, 6.45) is 1.68. The number of fused-ring (bicyclic) bond motifs is 5. The van der Waals surface area contributed by atoms with E-state index < -0.39 is 21.3 Å². The Bertz CT molecular complexity index is 2570. The molecule has 272 valence electrons. The smallest absolute Gasteiger partial charge is 0.301 e. The zero-order valence-electron chi connectivity index (χ0n) is 32.9. The monoisotopic (exact) mass is 957 g/mol. The Morgan fingerprint density at radius 1 is 0.774 bits per heavy atom. The third-order valence-electron chi connectivity index (χ3n) is 10.4. The van der Waals surface area contributed by atoms with Crippen LogP contribution in [-0.4, -0.2) is 40.9 Å². The van der Waals surface area contributed by atoms with Crippen molar-refractivity contribution < 1.29 is 25.8 Å². The minimum atomic E-state index is -2.16. The van der Waals surface area contributed by atoms with Gasteiger partial charge in [0, 0.05) is 11.1 Å². The molecular weight excluding hydrogens is 908 g/mol. The van der Waals surface area contributed by atoms with Crippen molar-refractivity contribution in [3.63, 3.8) is 0 Å². The summed E-state index contributed by atoms with van der Waals surface area (Å²) in [5.74, 6) is 8.80. The van der Waals surface area contributed by atoms with Gasteiger partial charge in [-0.1, -0.05) is 73.3 Å². The fourth-order valence-corrected chi connectivity index (χ4v) is 11.3. The van der Waals surface area contributed by atoms with Gasteiger partial charge in [-0.05, 0) is 22.7 Å². The molecule has 0 fully saturated rings. The van der Waals surface area contributed by atoms with Crippen molar-refractivity contribution in [1.82, 2.24) is 19.5 Å². The van der Waals surface area contributed by atoms with Crippen LogP contribution < -0.4 is 14.3 Å². The van der Waals surface area contributed by atoms with Gasteiger partial charge in [0.1, 0.15) is 0 Å². The van der Waals surface area contributed by atoms with E-state index in [0.717, 1.165) is 67.3 Å². The van der Waals surface area contributed by atoms with E-state index in [9.17, 15) is 0 Å². The molecule has 0 radical (unpaired) electrons. The molecule has 4 aromatic carbocycles. The van der Waals surface area contributed by atoms with Gasteiger partial charge in [0.15, 0.2) is 0 Å². The summed E-state index contributed by atoms with van der Waals surface area (Å²) in [7, 11) is -1.89. The SMILES string of the molecule is CC(C)(C)c1cc(-c2[c-]c3c(c([Si](C)(C)C)c2)c2ccccc2n3-c2[c-]c3c(cc2)Oc2c[c]([Ge]([CH3])([CH3])[CH3])cc4ncnc-3c24)nc(C(C)(C)C)c1.[Pt+2]. The van der Waals surface area contributed by atoms with Crippen molar-refractivity contribution in [2.45, 2.75) is 89.3 Å². The zero-order valence-corrected chi connectivity index (χ0v) is 38.3. The van der Waals surface area contributed by atoms with Gasteiger partial charge in [0.2, 0.25) is 0 Å². The van der Waals surface area contributed by atoms with Gasteiger partial charge in [0.05, 0.1) is 8.07 Å². The van der Waals surface area contributed by atoms with E-state index in [1.165, 1.54) is 25.9 Å². The van der Waals surface area contributed by atoms with Crippen LogP contribution in [0.15, 0.2) is 73.1 Å². The van der Waals surface area contributed by atoms with Crippen molar-refractivity contribution in [3.05, 3.63) is 96.4 Å². The van der Waals surface area contributed by atoms with Gasteiger partial charge in [0.25, 0.3) is 0 Å². The second-order valence-electron chi connectivity index (χ2n) is 18.6. The summed E-state index contributed by atoms with van der Waals surface area (Å²) in [4.78, 5) is 14.9. The van der Waals surface area contributed by atoms with Crippen LogP contribution in [-0.2, 0) is 31.9 Å². The number of ether oxygens (including phenoxy) is 1. The Morgan fingerprint density at radius 3 is 2.19 bits per heavy atom. The molecule has 0 N–H and O–H groups in total. The van der Waals surface area contributed by atoms with Crippen LogP contribution in [0.3, 0.4) is 0 Å². The minimum absolute atomic E-state index is 0. The Morgan fingerprint density at radius 2 is 1.51 bits per heavy atom. The van der Waals surface area contributed by atoms with E-state index in [0.29, 0.717) is 0 Å². The van der Waals surface area contributed by atoms with Gasteiger partial charge >= 0.3 is 208 Å². The summed E-state index contributed by atoms with van der Waals surface area (Å²) in [6, 6.07) is 32.1.